The minimum absolute atomic E-state index is 0.137. The number of aromatic nitrogens is 5. The van der Waals surface area contributed by atoms with Gasteiger partial charge in [0.1, 0.15) is 0 Å². The Morgan fingerprint density at radius 1 is 1.02 bits per heavy atom. The lowest BCUT2D eigenvalue weighted by atomic mass is 10.1. The van der Waals surface area contributed by atoms with Crippen molar-refractivity contribution in [2.45, 2.75) is 42.9 Å². The van der Waals surface area contributed by atoms with Gasteiger partial charge in [-0.2, -0.15) is 4.98 Å². The summed E-state index contributed by atoms with van der Waals surface area (Å²) in [4.78, 5) is 35.0. The third-order valence-corrected chi connectivity index (χ3v) is 11.1. The molecule has 1 unspecified atom stereocenters. The second-order valence-electron chi connectivity index (χ2n) is 11.1. The van der Waals surface area contributed by atoms with Gasteiger partial charge in [-0.1, -0.05) is 13.8 Å². The minimum Gasteiger partial charge on any atom is -0.382 e. The highest BCUT2D eigenvalue weighted by molar-refractivity contribution is 8.00. The maximum atomic E-state index is 13.9. The summed E-state index contributed by atoms with van der Waals surface area (Å²) in [6.45, 7) is 5.94. The van der Waals surface area contributed by atoms with Crippen LogP contribution in [0, 0.1) is 0 Å². The fourth-order valence-electron chi connectivity index (χ4n) is 5.03. The van der Waals surface area contributed by atoms with Crippen LogP contribution in [0.15, 0.2) is 76.1 Å². The molecule has 5 aromatic rings. The molecule has 0 bridgehead atoms. The van der Waals surface area contributed by atoms with Crippen LogP contribution in [0.25, 0.3) is 27.4 Å². The lowest BCUT2D eigenvalue weighted by Gasteiger charge is -2.30. The summed E-state index contributed by atoms with van der Waals surface area (Å²) < 4.78 is 14.5. The van der Waals surface area contributed by atoms with Crippen LogP contribution in [0.1, 0.15) is 26.7 Å². The van der Waals surface area contributed by atoms with Crippen molar-refractivity contribution in [3.05, 3.63) is 76.8 Å². The van der Waals surface area contributed by atoms with Crippen LogP contribution in [0.2, 0.25) is 0 Å². The van der Waals surface area contributed by atoms with E-state index < -0.39 is 9.52 Å². The predicted octanol–water partition coefficient (Wildman–Crippen LogP) is 5.03. The molecule has 1 aromatic carbocycles. The van der Waals surface area contributed by atoms with E-state index in [1.165, 1.54) is 15.9 Å². The molecule has 1 saturated heterocycles. The molecule has 1 aliphatic heterocycles. The molecule has 0 radical (unpaired) electrons. The quantitative estimate of drug-likeness (QED) is 0.232. The van der Waals surface area contributed by atoms with Gasteiger partial charge in [0.25, 0.3) is 5.56 Å². The van der Waals surface area contributed by atoms with Crippen molar-refractivity contribution < 1.29 is 4.21 Å². The Balaban J connectivity index is 1.31. The highest BCUT2D eigenvalue weighted by atomic mass is 32.2. The monoisotopic (exact) mass is 614 g/mol. The number of nitrogens with zero attached hydrogens (tertiary/aromatic N) is 6. The lowest BCUT2D eigenvalue weighted by molar-refractivity contribution is 0.264. The number of hydrogen-bond acceptors (Lipinski definition) is 10. The number of fused-ring (bicyclic) bond motifs is 1. The van der Waals surface area contributed by atoms with Crippen LogP contribution in [0.5, 0.6) is 0 Å². The predicted molar refractivity (Wildman–Crippen MR) is 177 cm³/mol. The Bertz CT molecular complexity index is 1900. The van der Waals surface area contributed by atoms with E-state index in [0.29, 0.717) is 44.3 Å². The first-order valence-electron chi connectivity index (χ1n) is 14.2. The van der Waals surface area contributed by atoms with E-state index in [1.54, 1.807) is 36.8 Å². The fraction of sp³-hybridized carbons (Fsp3) is 0.290. The third kappa shape index (κ3) is 6.03. The first-order valence-corrected chi connectivity index (χ1v) is 16.8. The van der Waals surface area contributed by atoms with Crippen molar-refractivity contribution in [3.8, 4) is 16.4 Å². The number of thiazole rings is 1. The molecule has 6 rings (SSSR count). The molecule has 1 fully saturated rings. The Hall–Kier alpha value is -4.13. The van der Waals surface area contributed by atoms with Gasteiger partial charge in [-0.25, -0.2) is 14.5 Å². The van der Waals surface area contributed by atoms with E-state index in [9.17, 15) is 9.00 Å². The first kappa shape index (κ1) is 29.0. The third-order valence-electron chi connectivity index (χ3n) is 7.75. The van der Waals surface area contributed by atoms with E-state index in [4.69, 9.17) is 4.98 Å². The summed E-state index contributed by atoms with van der Waals surface area (Å²) in [7, 11) is -0.332. The number of nitrogens with one attached hydrogen (secondary N) is 2. The molecule has 43 heavy (non-hydrogen) atoms. The maximum Gasteiger partial charge on any atom is 0.268 e. The summed E-state index contributed by atoms with van der Waals surface area (Å²) in [5.41, 5.74) is 2.85. The number of benzene rings is 1. The molecular formula is C31H34N8O2S2. The van der Waals surface area contributed by atoms with Gasteiger partial charge in [0.05, 0.1) is 11.3 Å². The molecule has 1 atom stereocenters. The van der Waals surface area contributed by atoms with Crippen molar-refractivity contribution >= 4 is 55.1 Å². The first-order chi connectivity index (χ1) is 20.7. The van der Waals surface area contributed by atoms with Crippen molar-refractivity contribution in [1.29, 1.82) is 0 Å². The molecule has 4 aromatic heterocycles. The molecular weight excluding hydrogens is 581 g/mol. The van der Waals surface area contributed by atoms with Crippen molar-refractivity contribution in [2.75, 3.05) is 30.8 Å². The van der Waals surface area contributed by atoms with E-state index in [-0.39, 0.29) is 10.8 Å². The second-order valence-corrected chi connectivity index (χ2v) is 14.8. The summed E-state index contributed by atoms with van der Waals surface area (Å²) in [6.07, 6.45) is 7.13. The SMILES string of the molecule is C=S(=O)(c1ccc(-c2cc3cnc(Nc4ccc(NC5CCN(C)CC5)cc4)nc3n(-c3nccs3)c2=O)nc1)C(C)C. The number of anilines is 3. The Kier molecular flexibility index (Phi) is 7.99. The van der Waals surface area contributed by atoms with Crippen molar-refractivity contribution in [3.63, 3.8) is 0 Å². The van der Waals surface area contributed by atoms with Crippen LogP contribution < -0.4 is 16.2 Å². The number of hydrogen-bond donors (Lipinski definition) is 2. The Labute approximate surface area is 254 Å². The molecule has 222 valence electrons. The van der Waals surface area contributed by atoms with Gasteiger partial charge >= 0.3 is 0 Å². The maximum absolute atomic E-state index is 13.9. The van der Waals surface area contributed by atoms with Gasteiger partial charge in [-0.15, -0.1) is 11.3 Å². The summed E-state index contributed by atoms with van der Waals surface area (Å²) in [5, 5.41) is 9.71. The highest BCUT2D eigenvalue weighted by Crippen LogP contribution is 2.26. The second kappa shape index (κ2) is 11.9. The summed E-state index contributed by atoms with van der Waals surface area (Å²) in [5.74, 6) is 4.27. The fourth-order valence-corrected chi connectivity index (χ4v) is 6.74. The van der Waals surface area contributed by atoms with Crippen LogP contribution >= 0.6 is 11.3 Å². The zero-order chi connectivity index (χ0) is 30.1. The van der Waals surface area contributed by atoms with Gasteiger partial charge in [0.2, 0.25) is 5.95 Å². The van der Waals surface area contributed by atoms with Crippen LogP contribution in [0.4, 0.5) is 17.3 Å². The van der Waals surface area contributed by atoms with Gasteiger partial charge in [0.15, 0.2) is 10.8 Å². The molecule has 0 saturated carbocycles. The number of piperidine rings is 1. The van der Waals surface area contributed by atoms with Crippen molar-refractivity contribution in [2.24, 2.45) is 0 Å². The molecule has 12 heteroatoms. The average Bonchev–Trinajstić information content (AvgIpc) is 3.53. The smallest absolute Gasteiger partial charge is 0.268 e. The standard InChI is InChI=1S/C31H34N8O2S2/c1-20(2)43(4,41)25-9-10-27(33-19-25)26-17-21-18-34-30(37-28(21)39(29(26)40)31-32-13-16-42-31)36-23-7-5-22(6-8-23)35-24-11-14-38(3)15-12-24/h5-10,13,16-20,24,35H,4,11-12,14-15H2,1-3H3,(H,34,36,37). The van der Waals surface area contributed by atoms with Gasteiger partial charge < -0.3 is 15.5 Å². The van der Waals surface area contributed by atoms with E-state index >= 15 is 0 Å². The van der Waals surface area contributed by atoms with Crippen molar-refractivity contribution in [1.82, 2.24) is 29.4 Å². The van der Waals surface area contributed by atoms with E-state index in [2.05, 4.69) is 43.4 Å². The minimum atomic E-state index is -2.49. The van der Waals surface area contributed by atoms with E-state index in [1.807, 2.05) is 43.5 Å². The topological polar surface area (TPSA) is 118 Å². The van der Waals surface area contributed by atoms with Crippen LogP contribution in [-0.2, 0) is 9.52 Å². The number of pyridine rings is 2. The number of likely N-dealkylation sites (tertiary alicyclic amines) is 1. The van der Waals surface area contributed by atoms with Gasteiger partial charge in [0, 0.05) is 56.9 Å². The summed E-state index contributed by atoms with van der Waals surface area (Å²) >= 11 is 1.34. The van der Waals surface area contributed by atoms with Crippen LogP contribution in [0.3, 0.4) is 0 Å². The Morgan fingerprint density at radius 2 is 1.77 bits per heavy atom. The average molecular weight is 615 g/mol. The lowest BCUT2D eigenvalue weighted by Crippen LogP contribution is -2.36. The zero-order valence-corrected chi connectivity index (χ0v) is 26.0. The van der Waals surface area contributed by atoms with E-state index in [0.717, 1.165) is 37.3 Å². The molecule has 10 nitrogen and oxygen atoms in total. The zero-order valence-electron chi connectivity index (χ0n) is 24.4. The van der Waals surface area contributed by atoms with Crippen LogP contribution in [-0.4, -0.2) is 70.9 Å². The molecule has 0 aliphatic carbocycles. The molecule has 0 spiro atoms. The molecule has 5 heterocycles. The number of rotatable bonds is 8. The molecule has 1 aliphatic rings. The molecule has 0 amide bonds. The van der Waals surface area contributed by atoms with Gasteiger partial charge in [-0.05, 0) is 90.8 Å². The Morgan fingerprint density at radius 3 is 2.42 bits per heavy atom. The summed E-state index contributed by atoms with van der Waals surface area (Å²) in [6, 6.07) is 13.7. The van der Waals surface area contributed by atoms with Gasteiger partial charge in [-0.3, -0.25) is 14.0 Å². The highest BCUT2D eigenvalue weighted by Gasteiger charge is 2.19. The largest absolute Gasteiger partial charge is 0.382 e. The molecule has 2 N–H and O–H groups in total. The normalized spacial score (nSPS) is 15.9.